The Morgan fingerprint density at radius 2 is 1.84 bits per heavy atom. The Hall–Kier alpha value is -1.34. The fourth-order valence-corrected chi connectivity index (χ4v) is 2.80. The zero-order valence-corrected chi connectivity index (χ0v) is 17.8. The van der Waals surface area contributed by atoms with Crippen molar-refractivity contribution in [3.05, 3.63) is 12.2 Å². The van der Waals surface area contributed by atoms with Crippen LogP contribution in [-0.4, -0.2) is 25.9 Å². The van der Waals surface area contributed by atoms with Crippen molar-refractivity contribution in [3.8, 4) is 11.5 Å². The Bertz CT molecular complexity index is 548. The molecular weight excluding hydrogens is 328 g/mol. The summed E-state index contributed by atoms with van der Waals surface area (Å²) in [6.07, 6.45) is 8.39. The van der Waals surface area contributed by atoms with Crippen LogP contribution in [0.1, 0.15) is 59.3 Å². The third kappa shape index (κ3) is 10.3. The zero-order chi connectivity index (χ0) is 19.1. The van der Waals surface area contributed by atoms with E-state index in [9.17, 15) is 9.59 Å². The summed E-state index contributed by atoms with van der Waals surface area (Å²) in [5.74, 6) is 3.59. The number of esters is 1. The number of carbonyl (C=O) groups excluding carboxylic acids is 2. The van der Waals surface area contributed by atoms with Gasteiger partial charge in [-0.1, -0.05) is 31.8 Å². The highest BCUT2D eigenvalue weighted by atomic mass is 28.3. The minimum atomic E-state index is -1.31. The lowest BCUT2D eigenvalue weighted by Crippen LogP contribution is -2.28. The maximum Gasteiger partial charge on any atom is 0.311 e. The van der Waals surface area contributed by atoms with E-state index in [1.165, 1.54) is 0 Å². The van der Waals surface area contributed by atoms with Crippen LogP contribution >= 0.6 is 0 Å². The molecule has 0 radical (unpaired) electrons. The van der Waals surface area contributed by atoms with E-state index in [1.54, 1.807) is 0 Å². The van der Waals surface area contributed by atoms with Gasteiger partial charge in [0.05, 0.1) is 5.41 Å². The summed E-state index contributed by atoms with van der Waals surface area (Å²) in [4.78, 5) is 24.1. The van der Waals surface area contributed by atoms with E-state index in [-0.39, 0.29) is 18.0 Å². The molecule has 0 heterocycles. The quantitative estimate of drug-likeness (QED) is 0.266. The first-order valence-corrected chi connectivity index (χ1v) is 12.9. The van der Waals surface area contributed by atoms with E-state index in [1.807, 2.05) is 32.9 Å². The zero-order valence-electron chi connectivity index (χ0n) is 16.8. The van der Waals surface area contributed by atoms with E-state index in [0.717, 1.165) is 19.3 Å². The highest BCUT2D eigenvalue weighted by Gasteiger charge is 2.30. The first kappa shape index (κ1) is 21.7. The molecule has 1 saturated carbocycles. The number of Topliss-reactive ketones (excluding diaryl/α,β-unsaturated/α-hetero) is 1. The van der Waals surface area contributed by atoms with Gasteiger partial charge >= 0.3 is 5.97 Å². The molecule has 0 saturated heterocycles. The molecule has 1 atom stereocenters. The molecule has 1 unspecified atom stereocenters. The normalized spacial score (nSPS) is 16.2. The summed E-state index contributed by atoms with van der Waals surface area (Å²) in [7, 11) is -1.31. The van der Waals surface area contributed by atoms with Gasteiger partial charge < -0.3 is 4.74 Å². The van der Waals surface area contributed by atoms with Gasteiger partial charge in [-0.05, 0) is 40.0 Å². The molecule has 1 fully saturated rings. The van der Waals surface area contributed by atoms with Gasteiger partial charge in [0.2, 0.25) is 0 Å². The van der Waals surface area contributed by atoms with Crippen LogP contribution in [0.2, 0.25) is 19.6 Å². The van der Waals surface area contributed by atoms with Crippen molar-refractivity contribution in [2.24, 2.45) is 11.3 Å². The monoisotopic (exact) mass is 362 g/mol. The Morgan fingerprint density at radius 1 is 1.20 bits per heavy atom. The van der Waals surface area contributed by atoms with Crippen LogP contribution in [0.15, 0.2) is 12.2 Å². The van der Waals surface area contributed by atoms with Crippen molar-refractivity contribution < 1.29 is 14.3 Å². The second kappa shape index (κ2) is 9.38. The molecule has 0 aromatic heterocycles. The average molecular weight is 363 g/mol. The van der Waals surface area contributed by atoms with Crippen molar-refractivity contribution in [1.29, 1.82) is 0 Å². The lowest BCUT2D eigenvalue weighted by atomic mass is 9.97. The molecule has 0 amide bonds. The molecule has 25 heavy (non-hydrogen) atoms. The standard InChI is InChI=1S/C21H34O3Si/c1-21(2,3)20(23)24-18(14-15-19(22)17-12-13-17)11-9-7-8-10-16-25(4,5)6/h7,9,17-18H,8,11-15H2,1-6H3/b9-7+. The summed E-state index contributed by atoms with van der Waals surface area (Å²) in [5.41, 5.74) is 2.81. The van der Waals surface area contributed by atoms with Crippen molar-refractivity contribution in [2.75, 3.05) is 0 Å². The molecule has 0 spiro atoms. The van der Waals surface area contributed by atoms with Crippen molar-refractivity contribution in [3.63, 3.8) is 0 Å². The van der Waals surface area contributed by atoms with Gasteiger partial charge in [0.15, 0.2) is 0 Å². The molecule has 1 aliphatic rings. The van der Waals surface area contributed by atoms with Crippen molar-refractivity contribution >= 4 is 19.8 Å². The number of ether oxygens (including phenoxy) is 1. The van der Waals surface area contributed by atoms with Crippen molar-refractivity contribution in [1.82, 2.24) is 0 Å². The third-order valence-corrected chi connectivity index (χ3v) is 4.81. The minimum Gasteiger partial charge on any atom is -0.462 e. The number of ketones is 1. The average Bonchev–Trinajstić information content (AvgIpc) is 3.30. The molecule has 140 valence electrons. The molecule has 4 heteroatoms. The number of rotatable bonds is 8. The number of hydrogen-bond acceptors (Lipinski definition) is 3. The summed E-state index contributed by atoms with van der Waals surface area (Å²) >= 11 is 0. The van der Waals surface area contributed by atoms with E-state index in [2.05, 4.69) is 31.1 Å². The maximum absolute atomic E-state index is 12.2. The Morgan fingerprint density at radius 3 is 2.36 bits per heavy atom. The van der Waals surface area contributed by atoms with E-state index >= 15 is 0 Å². The van der Waals surface area contributed by atoms with Crippen LogP contribution in [0.3, 0.4) is 0 Å². The van der Waals surface area contributed by atoms with Crippen LogP contribution in [0.25, 0.3) is 0 Å². The fourth-order valence-electron chi connectivity index (χ4n) is 2.17. The van der Waals surface area contributed by atoms with Crippen molar-refractivity contribution in [2.45, 2.75) is 85.0 Å². The fraction of sp³-hybridized carbons (Fsp3) is 0.714. The predicted molar refractivity (Wildman–Crippen MR) is 106 cm³/mol. The molecule has 0 bridgehead atoms. The van der Waals surface area contributed by atoms with Gasteiger partial charge in [0.1, 0.15) is 20.0 Å². The Balaban J connectivity index is 2.52. The molecule has 1 aliphatic carbocycles. The molecule has 0 N–H and O–H groups in total. The number of carbonyl (C=O) groups is 2. The van der Waals surface area contributed by atoms with E-state index in [0.29, 0.717) is 25.0 Å². The van der Waals surface area contributed by atoms with Gasteiger partial charge in [-0.25, -0.2) is 0 Å². The van der Waals surface area contributed by atoms with Gasteiger partial charge in [0.25, 0.3) is 0 Å². The summed E-state index contributed by atoms with van der Waals surface area (Å²) in [6.45, 7) is 12.2. The van der Waals surface area contributed by atoms with Crippen LogP contribution in [0.5, 0.6) is 0 Å². The number of hydrogen-bond donors (Lipinski definition) is 0. The third-order valence-electron chi connectivity index (χ3n) is 3.88. The largest absolute Gasteiger partial charge is 0.462 e. The molecule has 0 aliphatic heterocycles. The smallest absolute Gasteiger partial charge is 0.311 e. The van der Waals surface area contributed by atoms with Gasteiger partial charge in [-0.2, -0.15) is 0 Å². The Labute approximate surface area is 154 Å². The van der Waals surface area contributed by atoms with Gasteiger partial charge in [0, 0.05) is 25.2 Å². The predicted octanol–water partition coefficient (Wildman–Crippen LogP) is 4.92. The first-order valence-electron chi connectivity index (χ1n) is 9.38. The first-order chi connectivity index (χ1) is 11.5. The SMILES string of the molecule is CC(C)(C)C(=O)OC(C/C=C/CC#C[Si](C)(C)C)CCC(=O)C1CC1. The van der Waals surface area contributed by atoms with Gasteiger partial charge in [-0.15, -0.1) is 11.5 Å². The van der Waals surface area contributed by atoms with E-state index in [4.69, 9.17) is 4.74 Å². The van der Waals surface area contributed by atoms with Crippen LogP contribution in [0, 0.1) is 22.8 Å². The molecule has 1 rings (SSSR count). The topological polar surface area (TPSA) is 43.4 Å². The minimum absolute atomic E-state index is 0.205. The second-order valence-corrected chi connectivity index (χ2v) is 13.8. The lowest BCUT2D eigenvalue weighted by molar-refractivity contribution is -0.159. The van der Waals surface area contributed by atoms with Crippen LogP contribution in [-0.2, 0) is 14.3 Å². The Kier molecular flexibility index (Phi) is 8.14. The summed E-state index contributed by atoms with van der Waals surface area (Å²) in [5, 5.41) is 0. The molecule has 3 nitrogen and oxygen atoms in total. The highest BCUT2D eigenvalue weighted by Crippen LogP contribution is 2.31. The summed E-state index contributed by atoms with van der Waals surface area (Å²) in [6, 6.07) is 0. The molecule has 0 aromatic carbocycles. The van der Waals surface area contributed by atoms with E-state index < -0.39 is 13.5 Å². The van der Waals surface area contributed by atoms with Crippen LogP contribution in [0.4, 0.5) is 0 Å². The number of allylic oxidation sites excluding steroid dienone is 1. The molecular formula is C21H34O3Si. The highest BCUT2D eigenvalue weighted by molar-refractivity contribution is 6.83. The second-order valence-electron chi connectivity index (χ2n) is 9.02. The lowest BCUT2D eigenvalue weighted by Gasteiger charge is -2.22. The maximum atomic E-state index is 12.2. The van der Waals surface area contributed by atoms with Crippen LogP contribution < -0.4 is 0 Å². The summed E-state index contributed by atoms with van der Waals surface area (Å²) < 4.78 is 5.65. The molecule has 0 aromatic rings. The van der Waals surface area contributed by atoms with Gasteiger partial charge in [-0.3, -0.25) is 9.59 Å².